The maximum atomic E-state index is 12.5. The van der Waals surface area contributed by atoms with E-state index in [0.717, 1.165) is 0 Å². The van der Waals surface area contributed by atoms with E-state index in [1.165, 1.54) is 0 Å². The Labute approximate surface area is 134 Å². The van der Waals surface area contributed by atoms with Gasteiger partial charge in [-0.15, -0.1) is 0 Å². The number of carboxylic acids is 1. The minimum Gasteiger partial charge on any atom is -0.481 e. The molecule has 5 nitrogen and oxygen atoms in total. The zero-order valence-corrected chi connectivity index (χ0v) is 13.4. The molecule has 1 amide bonds. The minimum atomic E-state index is -0.857. The van der Waals surface area contributed by atoms with Gasteiger partial charge in [0.25, 0.3) is 5.91 Å². The van der Waals surface area contributed by atoms with Crippen LogP contribution in [0.3, 0.4) is 0 Å². The van der Waals surface area contributed by atoms with Crippen LogP contribution in [0.5, 0.6) is 5.75 Å². The molecule has 0 radical (unpaired) electrons. The van der Waals surface area contributed by atoms with Gasteiger partial charge in [-0.2, -0.15) is 0 Å². The summed E-state index contributed by atoms with van der Waals surface area (Å²) in [4.78, 5) is 25.3. The number of hydrogen-bond donors (Lipinski definition) is 1. The number of para-hydroxylation sites is 1. The lowest BCUT2D eigenvalue weighted by Crippen LogP contribution is -2.49. The Balaban J connectivity index is 2.03. The molecule has 0 bridgehead atoms. The summed E-state index contributed by atoms with van der Waals surface area (Å²) < 4.78 is 5.62. The lowest BCUT2D eigenvalue weighted by Gasteiger charge is -2.36. The molecule has 1 aliphatic rings. The van der Waals surface area contributed by atoms with Crippen molar-refractivity contribution in [3.63, 3.8) is 0 Å². The Morgan fingerprint density at radius 3 is 2.68 bits per heavy atom. The van der Waals surface area contributed by atoms with Gasteiger partial charge in [0.15, 0.2) is 6.10 Å². The fourth-order valence-electron chi connectivity index (χ4n) is 2.75. The standard InChI is InChI=1S/C16H20ClNO4/c1-10-7-12(16(20)21)9-18(8-10)15(19)11(2)22-14-6-4-3-5-13(14)17/h3-6,10-12H,7-9H2,1-2H3,(H,20,21). The number of amides is 1. The predicted molar refractivity (Wildman–Crippen MR) is 83.0 cm³/mol. The summed E-state index contributed by atoms with van der Waals surface area (Å²) in [7, 11) is 0. The molecule has 1 fully saturated rings. The van der Waals surface area contributed by atoms with Crippen LogP contribution in [-0.4, -0.2) is 41.1 Å². The molecular formula is C16H20ClNO4. The number of benzene rings is 1. The van der Waals surface area contributed by atoms with Gasteiger partial charge in [0, 0.05) is 13.1 Å². The normalized spacial score (nSPS) is 23.0. The molecule has 0 spiro atoms. The molecule has 0 aliphatic carbocycles. The highest BCUT2D eigenvalue weighted by molar-refractivity contribution is 6.32. The fourth-order valence-corrected chi connectivity index (χ4v) is 2.93. The molecule has 1 aromatic rings. The molecular weight excluding hydrogens is 306 g/mol. The molecule has 1 saturated heterocycles. The number of aliphatic carboxylic acids is 1. The average molecular weight is 326 g/mol. The number of halogens is 1. The number of carbonyl (C=O) groups excluding carboxylic acids is 1. The third-order valence-corrected chi connectivity index (χ3v) is 4.12. The maximum absolute atomic E-state index is 12.5. The first-order chi connectivity index (χ1) is 10.4. The van der Waals surface area contributed by atoms with E-state index in [9.17, 15) is 14.7 Å². The Morgan fingerprint density at radius 1 is 1.36 bits per heavy atom. The quantitative estimate of drug-likeness (QED) is 0.924. The van der Waals surface area contributed by atoms with Gasteiger partial charge in [-0.3, -0.25) is 9.59 Å². The molecule has 0 aromatic heterocycles. The molecule has 1 N–H and O–H groups in total. The number of rotatable bonds is 4. The lowest BCUT2D eigenvalue weighted by molar-refractivity contribution is -0.149. The first-order valence-electron chi connectivity index (χ1n) is 7.31. The van der Waals surface area contributed by atoms with Gasteiger partial charge in [-0.1, -0.05) is 30.7 Å². The highest BCUT2D eigenvalue weighted by atomic mass is 35.5. The van der Waals surface area contributed by atoms with Crippen molar-refractivity contribution in [3.05, 3.63) is 29.3 Å². The Hall–Kier alpha value is -1.75. The maximum Gasteiger partial charge on any atom is 0.308 e. The van der Waals surface area contributed by atoms with E-state index < -0.39 is 18.0 Å². The van der Waals surface area contributed by atoms with Crippen molar-refractivity contribution in [3.8, 4) is 5.75 Å². The highest BCUT2D eigenvalue weighted by Gasteiger charge is 2.34. The van der Waals surface area contributed by atoms with Gasteiger partial charge >= 0.3 is 5.97 Å². The molecule has 22 heavy (non-hydrogen) atoms. The van der Waals surface area contributed by atoms with Crippen LogP contribution in [0.1, 0.15) is 20.3 Å². The van der Waals surface area contributed by atoms with Gasteiger partial charge in [0.05, 0.1) is 10.9 Å². The number of nitrogens with zero attached hydrogens (tertiary/aromatic N) is 1. The number of likely N-dealkylation sites (tertiary alicyclic amines) is 1. The van der Waals surface area contributed by atoms with E-state index in [2.05, 4.69) is 0 Å². The number of piperidine rings is 1. The average Bonchev–Trinajstić information content (AvgIpc) is 2.48. The van der Waals surface area contributed by atoms with Crippen molar-refractivity contribution in [2.75, 3.05) is 13.1 Å². The second-order valence-corrected chi connectivity index (χ2v) is 6.22. The third-order valence-electron chi connectivity index (χ3n) is 3.81. The zero-order chi connectivity index (χ0) is 16.3. The van der Waals surface area contributed by atoms with Crippen LogP contribution >= 0.6 is 11.6 Å². The van der Waals surface area contributed by atoms with Crippen LogP contribution in [-0.2, 0) is 9.59 Å². The second-order valence-electron chi connectivity index (χ2n) is 5.81. The van der Waals surface area contributed by atoms with E-state index in [1.54, 1.807) is 36.1 Å². The van der Waals surface area contributed by atoms with Gasteiger partial charge in [-0.25, -0.2) is 0 Å². The van der Waals surface area contributed by atoms with Gasteiger partial charge in [0.1, 0.15) is 5.75 Å². The van der Waals surface area contributed by atoms with Crippen LogP contribution in [0.25, 0.3) is 0 Å². The largest absolute Gasteiger partial charge is 0.481 e. The van der Waals surface area contributed by atoms with E-state index in [-0.39, 0.29) is 18.4 Å². The topological polar surface area (TPSA) is 66.8 Å². The summed E-state index contributed by atoms with van der Waals surface area (Å²) in [5, 5.41) is 9.62. The summed E-state index contributed by atoms with van der Waals surface area (Å²) in [6.07, 6.45) is -0.113. The molecule has 2 rings (SSSR count). The fraction of sp³-hybridized carbons (Fsp3) is 0.500. The molecule has 1 aliphatic heterocycles. The highest BCUT2D eigenvalue weighted by Crippen LogP contribution is 2.26. The van der Waals surface area contributed by atoms with Crippen molar-refractivity contribution >= 4 is 23.5 Å². The molecule has 0 saturated carbocycles. The molecule has 120 valence electrons. The van der Waals surface area contributed by atoms with E-state index in [1.807, 2.05) is 6.92 Å². The Morgan fingerprint density at radius 2 is 2.05 bits per heavy atom. The van der Waals surface area contributed by atoms with Crippen LogP contribution in [0.2, 0.25) is 5.02 Å². The number of carbonyl (C=O) groups is 2. The van der Waals surface area contributed by atoms with Crippen LogP contribution in [0.4, 0.5) is 0 Å². The number of carboxylic acid groups (broad SMARTS) is 1. The summed E-state index contributed by atoms with van der Waals surface area (Å²) >= 11 is 6.02. The number of hydrogen-bond acceptors (Lipinski definition) is 3. The first-order valence-corrected chi connectivity index (χ1v) is 7.69. The second kappa shape index (κ2) is 7.01. The smallest absolute Gasteiger partial charge is 0.308 e. The molecule has 1 heterocycles. The molecule has 6 heteroatoms. The van der Waals surface area contributed by atoms with E-state index in [0.29, 0.717) is 23.7 Å². The monoisotopic (exact) mass is 325 g/mol. The van der Waals surface area contributed by atoms with Crippen molar-refractivity contribution in [1.82, 2.24) is 4.90 Å². The van der Waals surface area contributed by atoms with Crippen molar-refractivity contribution in [1.29, 1.82) is 0 Å². The van der Waals surface area contributed by atoms with Gasteiger partial charge < -0.3 is 14.7 Å². The van der Waals surface area contributed by atoms with Crippen LogP contribution < -0.4 is 4.74 Å². The Kier molecular flexibility index (Phi) is 5.29. The SMILES string of the molecule is CC1CC(C(=O)O)CN(C(=O)C(C)Oc2ccccc2Cl)C1. The van der Waals surface area contributed by atoms with Crippen molar-refractivity contribution < 1.29 is 19.4 Å². The van der Waals surface area contributed by atoms with Gasteiger partial charge in [-0.05, 0) is 31.4 Å². The van der Waals surface area contributed by atoms with E-state index in [4.69, 9.17) is 16.3 Å². The van der Waals surface area contributed by atoms with Crippen molar-refractivity contribution in [2.24, 2.45) is 11.8 Å². The molecule has 3 unspecified atom stereocenters. The lowest BCUT2D eigenvalue weighted by atomic mass is 9.90. The van der Waals surface area contributed by atoms with Crippen LogP contribution in [0, 0.1) is 11.8 Å². The summed E-state index contributed by atoms with van der Waals surface area (Å²) in [6.45, 7) is 4.39. The minimum absolute atomic E-state index is 0.159. The summed E-state index contributed by atoms with van der Waals surface area (Å²) in [6, 6.07) is 6.95. The molecule has 1 aromatic carbocycles. The van der Waals surface area contributed by atoms with Crippen molar-refractivity contribution in [2.45, 2.75) is 26.4 Å². The third kappa shape index (κ3) is 3.91. The summed E-state index contributed by atoms with van der Waals surface area (Å²) in [5.74, 6) is -0.974. The summed E-state index contributed by atoms with van der Waals surface area (Å²) in [5.41, 5.74) is 0. The first kappa shape index (κ1) is 16.6. The predicted octanol–water partition coefficient (Wildman–Crippen LogP) is 2.68. The Bertz CT molecular complexity index is 563. The van der Waals surface area contributed by atoms with Crippen LogP contribution in [0.15, 0.2) is 24.3 Å². The van der Waals surface area contributed by atoms with Gasteiger partial charge in [0.2, 0.25) is 0 Å². The zero-order valence-electron chi connectivity index (χ0n) is 12.7. The molecule has 3 atom stereocenters. The number of ether oxygens (including phenoxy) is 1. The van der Waals surface area contributed by atoms with E-state index >= 15 is 0 Å².